The molecule has 0 spiro atoms. The van der Waals surface area contributed by atoms with Crippen LogP contribution in [0.5, 0.6) is 0 Å². The molecule has 5 heteroatoms. The van der Waals surface area contributed by atoms with E-state index in [0.717, 1.165) is 25.8 Å². The van der Waals surface area contributed by atoms with E-state index in [2.05, 4.69) is 4.90 Å². The van der Waals surface area contributed by atoms with Crippen LogP contribution in [0.15, 0.2) is 0 Å². The molecule has 0 saturated carbocycles. The fourth-order valence-corrected chi connectivity index (χ4v) is 2.16. The molecular formula is C10H19F3N2. The number of nitrogens with one attached hydrogen (secondary N) is 1. The van der Waals surface area contributed by atoms with Gasteiger partial charge < -0.3 is 0 Å². The van der Waals surface area contributed by atoms with Crippen molar-refractivity contribution in [3.8, 4) is 0 Å². The molecule has 0 aromatic rings. The Bertz CT molecular complexity index is 192. The molecule has 1 aliphatic heterocycles. The van der Waals surface area contributed by atoms with Crippen LogP contribution in [0, 0.1) is 0 Å². The number of halogens is 3. The molecule has 2 nitrogen and oxygen atoms in total. The van der Waals surface area contributed by atoms with Gasteiger partial charge in [-0.05, 0) is 33.2 Å². The predicted molar refractivity (Wildman–Crippen MR) is 53.5 cm³/mol. The summed E-state index contributed by atoms with van der Waals surface area (Å²) in [6.45, 7) is 5.00. The molecule has 1 N–H and O–H groups in total. The lowest BCUT2D eigenvalue weighted by molar-refractivity contribution is -0.160. The second-order valence-electron chi connectivity index (χ2n) is 4.36. The van der Waals surface area contributed by atoms with E-state index in [9.17, 15) is 13.2 Å². The first kappa shape index (κ1) is 12.8. The van der Waals surface area contributed by atoms with Crippen molar-refractivity contribution in [3.63, 3.8) is 0 Å². The average Bonchev–Trinajstić information content (AvgIpc) is 2.14. The van der Waals surface area contributed by atoms with E-state index in [0.29, 0.717) is 6.04 Å². The maximum absolute atomic E-state index is 12.0. The average molecular weight is 224 g/mol. The second kappa shape index (κ2) is 5.16. The lowest BCUT2D eigenvalue weighted by Crippen LogP contribution is -2.50. The van der Waals surface area contributed by atoms with Crippen molar-refractivity contribution in [2.24, 2.45) is 0 Å². The van der Waals surface area contributed by atoms with Crippen LogP contribution < -0.4 is 5.32 Å². The summed E-state index contributed by atoms with van der Waals surface area (Å²) in [7, 11) is 0. The summed E-state index contributed by atoms with van der Waals surface area (Å²) in [6, 6.07) is 0.353. The van der Waals surface area contributed by atoms with E-state index in [1.807, 2.05) is 13.8 Å². The van der Waals surface area contributed by atoms with Crippen LogP contribution in [0.4, 0.5) is 13.2 Å². The van der Waals surface area contributed by atoms with Crippen molar-refractivity contribution in [3.05, 3.63) is 0 Å². The minimum absolute atomic E-state index is 0.0156. The Morgan fingerprint density at radius 2 is 2.00 bits per heavy atom. The van der Waals surface area contributed by atoms with E-state index < -0.39 is 6.30 Å². The molecule has 0 aromatic carbocycles. The van der Waals surface area contributed by atoms with Crippen molar-refractivity contribution in [1.29, 1.82) is 0 Å². The van der Waals surface area contributed by atoms with Gasteiger partial charge in [-0.1, -0.05) is 6.42 Å². The lowest BCUT2D eigenvalue weighted by Gasteiger charge is -2.38. The zero-order chi connectivity index (χ0) is 11.5. The maximum atomic E-state index is 12.0. The highest BCUT2D eigenvalue weighted by Gasteiger charge is 2.31. The molecule has 0 aromatic heterocycles. The van der Waals surface area contributed by atoms with Gasteiger partial charge in [-0.15, -0.1) is 0 Å². The van der Waals surface area contributed by atoms with E-state index in [1.54, 1.807) is 5.32 Å². The van der Waals surface area contributed by atoms with Crippen LogP contribution in [0.25, 0.3) is 0 Å². The fraction of sp³-hybridized carbons (Fsp3) is 1.00. The van der Waals surface area contributed by atoms with Gasteiger partial charge in [0.15, 0.2) is 0 Å². The number of likely N-dealkylation sites (tertiary alicyclic amines) is 1. The first-order valence-corrected chi connectivity index (χ1v) is 5.47. The first-order chi connectivity index (χ1) is 6.90. The summed E-state index contributed by atoms with van der Waals surface area (Å²) in [5, 5.41) is 1.63. The SMILES string of the molecule is CC(C)N1CCCC[C@H]1CNC(F)(F)F. The molecule has 0 unspecified atom stereocenters. The summed E-state index contributed by atoms with van der Waals surface area (Å²) in [5.41, 5.74) is 0. The molecule has 15 heavy (non-hydrogen) atoms. The minimum atomic E-state index is -4.25. The number of rotatable bonds is 3. The molecule has 1 aliphatic rings. The summed E-state index contributed by atoms with van der Waals surface area (Å²) in [6.07, 6.45) is -1.25. The highest BCUT2D eigenvalue weighted by molar-refractivity contribution is 4.81. The van der Waals surface area contributed by atoms with Crippen LogP contribution in [0.3, 0.4) is 0 Å². The summed E-state index contributed by atoms with van der Waals surface area (Å²) in [5.74, 6) is 0. The summed E-state index contributed by atoms with van der Waals surface area (Å²) in [4.78, 5) is 2.16. The zero-order valence-electron chi connectivity index (χ0n) is 9.27. The van der Waals surface area contributed by atoms with Gasteiger partial charge in [0.2, 0.25) is 0 Å². The van der Waals surface area contributed by atoms with Crippen molar-refractivity contribution in [1.82, 2.24) is 10.2 Å². The largest absolute Gasteiger partial charge is 0.457 e. The van der Waals surface area contributed by atoms with Gasteiger partial charge in [0, 0.05) is 18.6 Å². The van der Waals surface area contributed by atoms with Crippen molar-refractivity contribution in [2.45, 2.75) is 51.5 Å². The first-order valence-electron chi connectivity index (χ1n) is 5.47. The predicted octanol–water partition coefficient (Wildman–Crippen LogP) is 2.36. The van der Waals surface area contributed by atoms with Crippen LogP contribution in [-0.2, 0) is 0 Å². The third kappa shape index (κ3) is 4.38. The molecule has 1 atom stereocenters. The molecule has 0 radical (unpaired) electrons. The Balaban J connectivity index is 2.43. The topological polar surface area (TPSA) is 15.3 Å². The summed E-state index contributed by atoms with van der Waals surface area (Å²) >= 11 is 0. The van der Waals surface area contributed by atoms with Crippen LogP contribution in [-0.4, -0.2) is 36.4 Å². The van der Waals surface area contributed by atoms with E-state index in [4.69, 9.17) is 0 Å². The molecular weight excluding hydrogens is 205 g/mol. The number of piperidine rings is 1. The molecule has 1 fully saturated rings. The number of alkyl halides is 3. The van der Waals surface area contributed by atoms with E-state index >= 15 is 0 Å². The number of hydrogen-bond donors (Lipinski definition) is 1. The van der Waals surface area contributed by atoms with Crippen LogP contribution in [0.2, 0.25) is 0 Å². The van der Waals surface area contributed by atoms with Gasteiger partial charge in [0.25, 0.3) is 0 Å². The maximum Gasteiger partial charge on any atom is 0.457 e. The number of nitrogens with zero attached hydrogens (tertiary/aromatic N) is 1. The minimum Gasteiger partial charge on any atom is -0.297 e. The van der Waals surface area contributed by atoms with Crippen LogP contribution >= 0.6 is 0 Å². The van der Waals surface area contributed by atoms with Gasteiger partial charge in [-0.2, -0.15) is 13.2 Å². The third-order valence-corrected chi connectivity index (χ3v) is 2.87. The molecule has 1 rings (SSSR count). The van der Waals surface area contributed by atoms with Crippen LogP contribution in [0.1, 0.15) is 33.1 Å². The standard InChI is InChI=1S/C10H19F3N2/c1-8(2)15-6-4-3-5-9(15)7-14-10(11,12)13/h8-9,14H,3-7H2,1-2H3/t9-/m0/s1. The Morgan fingerprint density at radius 3 is 2.53 bits per heavy atom. The molecule has 0 aliphatic carbocycles. The third-order valence-electron chi connectivity index (χ3n) is 2.87. The van der Waals surface area contributed by atoms with Gasteiger partial charge in [-0.3, -0.25) is 4.90 Å². The number of hydrogen-bond acceptors (Lipinski definition) is 2. The molecule has 90 valence electrons. The van der Waals surface area contributed by atoms with E-state index in [-0.39, 0.29) is 12.6 Å². The lowest BCUT2D eigenvalue weighted by atomic mass is 10.0. The van der Waals surface area contributed by atoms with Gasteiger partial charge in [0.05, 0.1) is 0 Å². The highest BCUT2D eigenvalue weighted by atomic mass is 19.4. The van der Waals surface area contributed by atoms with E-state index in [1.165, 1.54) is 0 Å². The van der Waals surface area contributed by atoms with Crippen molar-refractivity contribution in [2.75, 3.05) is 13.1 Å². The monoisotopic (exact) mass is 224 g/mol. The summed E-state index contributed by atoms with van der Waals surface area (Å²) < 4.78 is 36.0. The molecule has 0 amide bonds. The molecule has 0 bridgehead atoms. The van der Waals surface area contributed by atoms with Gasteiger partial charge >= 0.3 is 6.30 Å². The van der Waals surface area contributed by atoms with Gasteiger partial charge in [-0.25, -0.2) is 5.32 Å². The van der Waals surface area contributed by atoms with Crippen molar-refractivity contribution >= 4 is 0 Å². The van der Waals surface area contributed by atoms with Gasteiger partial charge in [0.1, 0.15) is 0 Å². The fourth-order valence-electron chi connectivity index (χ4n) is 2.16. The highest BCUT2D eigenvalue weighted by Crippen LogP contribution is 2.20. The normalized spacial score (nSPS) is 24.8. The molecule has 1 heterocycles. The Labute approximate surface area is 88.8 Å². The molecule has 1 saturated heterocycles. The Morgan fingerprint density at radius 1 is 1.33 bits per heavy atom. The zero-order valence-corrected chi connectivity index (χ0v) is 9.27. The Kier molecular flexibility index (Phi) is 4.40. The van der Waals surface area contributed by atoms with Crippen molar-refractivity contribution < 1.29 is 13.2 Å². The smallest absolute Gasteiger partial charge is 0.297 e. The second-order valence-corrected chi connectivity index (χ2v) is 4.36. The Hall–Kier alpha value is -0.290. The quantitative estimate of drug-likeness (QED) is 0.740.